The topological polar surface area (TPSA) is 17.1 Å². The van der Waals surface area contributed by atoms with E-state index in [2.05, 4.69) is 69.2 Å². The number of hydrogen-bond donors (Lipinski definition) is 0. The largest absolute Gasteiger partial charge is 0.298 e. The number of Topliss-reactive ketones (excluding diaryl/α,β-unsaturated/α-hetero) is 1. The average Bonchev–Trinajstić information content (AvgIpc) is 2.57. The summed E-state index contributed by atoms with van der Waals surface area (Å²) in [7, 11) is 0. The van der Waals surface area contributed by atoms with Crippen molar-refractivity contribution in [1.29, 1.82) is 0 Å². The molecule has 2 unspecified atom stereocenters. The molecule has 0 spiro atoms. The minimum atomic E-state index is -0.246. The Kier molecular flexibility index (Phi) is 10.1. The van der Waals surface area contributed by atoms with Gasteiger partial charge >= 0.3 is 0 Å². The van der Waals surface area contributed by atoms with Crippen LogP contribution in [-0.4, -0.2) is 5.78 Å². The lowest BCUT2D eigenvalue weighted by Crippen LogP contribution is -2.54. The summed E-state index contributed by atoms with van der Waals surface area (Å²) in [5, 5.41) is 0. The van der Waals surface area contributed by atoms with Gasteiger partial charge < -0.3 is 0 Å². The molecule has 0 heterocycles. The zero-order chi connectivity index (χ0) is 20.6. The number of hydrogen-bond acceptors (Lipinski definition) is 1. The van der Waals surface area contributed by atoms with Crippen molar-refractivity contribution in [3.05, 3.63) is 0 Å². The van der Waals surface area contributed by atoms with Crippen molar-refractivity contribution in [3.63, 3.8) is 0 Å². The fraction of sp³-hybridized carbons (Fsp3) is 0.960. The van der Waals surface area contributed by atoms with E-state index in [1.165, 1.54) is 25.7 Å². The lowest BCUT2D eigenvalue weighted by Gasteiger charge is -2.53. The van der Waals surface area contributed by atoms with Crippen LogP contribution in [0.3, 0.4) is 0 Å². The second-order valence-electron chi connectivity index (χ2n) is 10.5. The van der Waals surface area contributed by atoms with Gasteiger partial charge in [-0.25, -0.2) is 0 Å². The molecule has 0 N–H and O–H groups in total. The van der Waals surface area contributed by atoms with Crippen molar-refractivity contribution in [2.45, 2.75) is 133 Å². The Hall–Kier alpha value is -0.330. The smallest absolute Gasteiger partial charge is 0.145 e. The Balaban J connectivity index is 6.08. The molecule has 0 fully saturated rings. The molecule has 0 aliphatic rings. The quantitative estimate of drug-likeness (QED) is 0.301. The van der Waals surface area contributed by atoms with Gasteiger partial charge in [0.15, 0.2) is 0 Å². The molecule has 0 aromatic carbocycles. The fourth-order valence-corrected chi connectivity index (χ4v) is 4.92. The van der Waals surface area contributed by atoms with Crippen molar-refractivity contribution in [3.8, 4) is 0 Å². The van der Waals surface area contributed by atoms with Gasteiger partial charge in [-0.05, 0) is 36.5 Å². The molecule has 0 aliphatic heterocycles. The Morgan fingerprint density at radius 1 is 0.538 bits per heavy atom. The first kappa shape index (κ1) is 25.7. The SMILES string of the molecule is CCCCC(C)(C)C(C)(CCC)C(=O)C(C)(CCC)C(C)(C)CCCC. The maximum Gasteiger partial charge on any atom is 0.145 e. The van der Waals surface area contributed by atoms with Gasteiger partial charge in [-0.3, -0.25) is 4.79 Å². The van der Waals surface area contributed by atoms with Gasteiger partial charge in [0.05, 0.1) is 0 Å². The van der Waals surface area contributed by atoms with Gasteiger partial charge in [0.1, 0.15) is 5.78 Å². The summed E-state index contributed by atoms with van der Waals surface area (Å²) in [5.74, 6) is 0.538. The van der Waals surface area contributed by atoms with Crippen LogP contribution in [0.1, 0.15) is 133 Å². The van der Waals surface area contributed by atoms with Crippen LogP contribution >= 0.6 is 0 Å². The highest BCUT2D eigenvalue weighted by atomic mass is 16.1. The third-order valence-corrected chi connectivity index (χ3v) is 7.80. The fourth-order valence-electron chi connectivity index (χ4n) is 4.92. The number of carbonyl (C=O) groups is 1. The molecule has 156 valence electrons. The van der Waals surface area contributed by atoms with E-state index < -0.39 is 0 Å². The summed E-state index contributed by atoms with van der Waals surface area (Å²) in [6.45, 7) is 23.0. The predicted octanol–water partition coefficient (Wildman–Crippen LogP) is 8.60. The van der Waals surface area contributed by atoms with Gasteiger partial charge in [-0.1, -0.05) is 108 Å². The molecule has 0 aromatic rings. The molecule has 1 heteroatoms. The number of rotatable bonds is 14. The third-order valence-electron chi connectivity index (χ3n) is 7.80. The molecule has 0 saturated heterocycles. The number of carbonyl (C=O) groups excluding carboxylic acids is 1. The van der Waals surface area contributed by atoms with Crippen molar-refractivity contribution >= 4 is 5.78 Å². The van der Waals surface area contributed by atoms with E-state index in [1.54, 1.807) is 0 Å². The Bertz CT molecular complexity index is 382. The van der Waals surface area contributed by atoms with Gasteiger partial charge in [-0.2, -0.15) is 0 Å². The Morgan fingerprint density at radius 3 is 1.08 bits per heavy atom. The standard InChI is InChI=1S/C25H50O/c1-11-15-19-22(5,6)24(9,17-13-3)21(26)25(10,18-14-4)23(7,8)20-16-12-2/h11-20H2,1-10H3. The lowest BCUT2D eigenvalue weighted by atomic mass is 9.49. The molecule has 0 saturated carbocycles. The first-order valence-electron chi connectivity index (χ1n) is 11.4. The van der Waals surface area contributed by atoms with Crippen molar-refractivity contribution < 1.29 is 4.79 Å². The van der Waals surface area contributed by atoms with E-state index in [1.807, 2.05) is 0 Å². The molecule has 0 rings (SSSR count). The number of unbranched alkanes of at least 4 members (excludes halogenated alkanes) is 2. The van der Waals surface area contributed by atoms with Crippen molar-refractivity contribution in [1.82, 2.24) is 0 Å². The normalized spacial score (nSPS) is 17.6. The minimum Gasteiger partial charge on any atom is -0.298 e. The van der Waals surface area contributed by atoms with Crippen molar-refractivity contribution in [2.75, 3.05) is 0 Å². The lowest BCUT2D eigenvalue weighted by molar-refractivity contribution is -0.154. The highest BCUT2D eigenvalue weighted by Gasteiger charge is 2.55. The van der Waals surface area contributed by atoms with Gasteiger partial charge in [0.25, 0.3) is 0 Å². The van der Waals surface area contributed by atoms with Crippen LogP contribution in [0, 0.1) is 21.7 Å². The van der Waals surface area contributed by atoms with E-state index >= 15 is 0 Å². The first-order chi connectivity index (χ1) is 11.9. The first-order valence-corrected chi connectivity index (χ1v) is 11.4. The molecule has 0 amide bonds. The Morgan fingerprint density at radius 2 is 0.846 bits per heavy atom. The molecule has 26 heavy (non-hydrogen) atoms. The van der Waals surface area contributed by atoms with Crippen LogP contribution in [0.25, 0.3) is 0 Å². The van der Waals surface area contributed by atoms with E-state index in [4.69, 9.17) is 0 Å². The minimum absolute atomic E-state index is 0.0476. The zero-order valence-electron chi connectivity index (χ0n) is 20.0. The van der Waals surface area contributed by atoms with E-state index in [0.717, 1.165) is 38.5 Å². The van der Waals surface area contributed by atoms with Crippen molar-refractivity contribution in [2.24, 2.45) is 21.7 Å². The molecular formula is C25H50O. The van der Waals surface area contributed by atoms with Crippen LogP contribution in [-0.2, 0) is 4.79 Å². The summed E-state index contributed by atoms with van der Waals surface area (Å²) in [5.41, 5.74) is -0.396. The summed E-state index contributed by atoms with van der Waals surface area (Å²) in [4.78, 5) is 14.3. The average molecular weight is 367 g/mol. The summed E-state index contributed by atoms with van der Waals surface area (Å²) >= 11 is 0. The molecule has 0 aliphatic carbocycles. The Labute approximate surface area is 166 Å². The summed E-state index contributed by atoms with van der Waals surface area (Å²) in [6.07, 6.45) is 11.3. The number of ketones is 1. The highest BCUT2D eigenvalue weighted by molar-refractivity contribution is 5.91. The van der Waals surface area contributed by atoms with Gasteiger partial charge in [-0.15, -0.1) is 0 Å². The van der Waals surface area contributed by atoms with Crippen LogP contribution in [0.5, 0.6) is 0 Å². The molecular weight excluding hydrogens is 316 g/mol. The molecule has 1 nitrogen and oxygen atoms in total. The van der Waals surface area contributed by atoms with Crippen LogP contribution in [0.15, 0.2) is 0 Å². The molecule has 0 aromatic heterocycles. The van der Waals surface area contributed by atoms with E-state index in [-0.39, 0.29) is 21.7 Å². The van der Waals surface area contributed by atoms with Crippen LogP contribution in [0.2, 0.25) is 0 Å². The highest BCUT2D eigenvalue weighted by Crippen LogP contribution is 2.56. The maximum atomic E-state index is 14.3. The second kappa shape index (κ2) is 10.3. The molecule has 0 radical (unpaired) electrons. The second-order valence-corrected chi connectivity index (χ2v) is 10.5. The monoisotopic (exact) mass is 366 g/mol. The van der Waals surface area contributed by atoms with Gasteiger partial charge in [0, 0.05) is 10.8 Å². The van der Waals surface area contributed by atoms with Gasteiger partial charge in [0.2, 0.25) is 0 Å². The van der Waals surface area contributed by atoms with Crippen LogP contribution in [0.4, 0.5) is 0 Å². The third kappa shape index (κ3) is 5.35. The van der Waals surface area contributed by atoms with Crippen LogP contribution < -0.4 is 0 Å². The van der Waals surface area contributed by atoms with E-state index in [0.29, 0.717) is 5.78 Å². The molecule has 2 atom stereocenters. The van der Waals surface area contributed by atoms with E-state index in [9.17, 15) is 4.79 Å². The zero-order valence-corrected chi connectivity index (χ0v) is 20.0. The summed E-state index contributed by atoms with van der Waals surface area (Å²) in [6, 6.07) is 0. The maximum absolute atomic E-state index is 14.3. The summed E-state index contributed by atoms with van der Waals surface area (Å²) < 4.78 is 0. The molecule has 0 bridgehead atoms. The predicted molar refractivity (Wildman–Crippen MR) is 118 cm³/mol.